The topological polar surface area (TPSA) is 0 Å². The highest BCUT2D eigenvalue weighted by atomic mass is 14.6. The first-order chi connectivity index (χ1) is 13.5. The van der Waals surface area contributed by atoms with Crippen LogP contribution in [0.15, 0.2) is 47.6 Å². The van der Waals surface area contributed by atoms with Gasteiger partial charge in [0.2, 0.25) is 0 Å². The average Bonchev–Trinajstić information content (AvgIpc) is 2.72. The maximum absolute atomic E-state index is 2.59. The molecular weight excluding hydrogens is 336 g/mol. The molecule has 0 heteroatoms. The largest absolute Gasteiger partial charge is 0.0807 e. The molecule has 3 aliphatic carbocycles. The molecule has 2 unspecified atom stereocenters. The quantitative estimate of drug-likeness (QED) is 0.491. The summed E-state index contributed by atoms with van der Waals surface area (Å²) in [6.45, 7) is 13.5. The molecule has 0 spiro atoms. The molecule has 0 aliphatic heterocycles. The molecule has 28 heavy (non-hydrogen) atoms. The van der Waals surface area contributed by atoms with Crippen molar-refractivity contribution < 1.29 is 0 Å². The van der Waals surface area contributed by atoms with E-state index in [1.807, 2.05) is 13.8 Å². The summed E-state index contributed by atoms with van der Waals surface area (Å²) < 4.78 is 0. The summed E-state index contributed by atoms with van der Waals surface area (Å²) in [7, 11) is 0. The lowest BCUT2D eigenvalue weighted by atomic mass is 9.48. The second-order valence-corrected chi connectivity index (χ2v) is 9.64. The highest BCUT2D eigenvalue weighted by Crippen LogP contribution is 2.62. The SMILES string of the molecule is CC.CCC1(C2CCC3=CCCC=C3C2c2ccc(C(C)C)cc2)CC(C)C1. The first-order valence-corrected chi connectivity index (χ1v) is 12.0. The fraction of sp³-hybridized carbons (Fsp3) is 0.643. The maximum atomic E-state index is 2.59. The summed E-state index contributed by atoms with van der Waals surface area (Å²) in [4.78, 5) is 0. The van der Waals surface area contributed by atoms with Crippen molar-refractivity contribution in [3.05, 3.63) is 58.7 Å². The van der Waals surface area contributed by atoms with Crippen molar-refractivity contribution >= 4 is 0 Å². The first-order valence-electron chi connectivity index (χ1n) is 12.0. The summed E-state index contributed by atoms with van der Waals surface area (Å²) in [5.41, 5.74) is 6.99. The molecule has 2 fully saturated rings. The number of hydrogen-bond donors (Lipinski definition) is 0. The van der Waals surface area contributed by atoms with Crippen LogP contribution in [0.3, 0.4) is 0 Å². The van der Waals surface area contributed by atoms with E-state index >= 15 is 0 Å². The molecule has 4 rings (SSSR count). The zero-order valence-electron chi connectivity index (χ0n) is 19.2. The van der Waals surface area contributed by atoms with Gasteiger partial charge in [0, 0.05) is 5.92 Å². The van der Waals surface area contributed by atoms with E-state index in [0.29, 0.717) is 17.3 Å². The van der Waals surface area contributed by atoms with E-state index in [9.17, 15) is 0 Å². The predicted molar refractivity (Wildman–Crippen MR) is 124 cm³/mol. The van der Waals surface area contributed by atoms with E-state index in [2.05, 4.69) is 64.1 Å². The molecule has 154 valence electrons. The Morgan fingerprint density at radius 2 is 1.64 bits per heavy atom. The summed E-state index contributed by atoms with van der Waals surface area (Å²) in [6, 6.07) is 9.69. The Hall–Kier alpha value is -1.30. The van der Waals surface area contributed by atoms with Crippen LogP contribution in [-0.2, 0) is 0 Å². The Balaban J connectivity index is 0.00000109. The van der Waals surface area contributed by atoms with Crippen LogP contribution in [0.4, 0.5) is 0 Å². The van der Waals surface area contributed by atoms with Crippen LogP contribution in [0.5, 0.6) is 0 Å². The van der Waals surface area contributed by atoms with E-state index in [1.165, 1.54) is 50.5 Å². The molecule has 1 aromatic carbocycles. The van der Waals surface area contributed by atoms with Gasteiger partial charge < -0.3 is 0 Å². The number of rotatable bonds is 4. The molecule has 1 aromatic rings. The van der Waals surface area contributed by atoms with E-state index in [-0.39, 0.29) is 0 Å². The van der Waals surface area contributed by atoms with E-state index in [0.717, 1.165) is 11.8 Å². The fourth-order valence-electron chi connectivity index (χ4n) is 6.35. The molecule has 0 saturated heterocycles. The number of allylic oxidation sites excluding steroid dienone is 4. The third-order valence-corrected chi connectivity index (χ3v) is 7.72. The minimum absolute atomic E-state index is 0.588. The van der Waals surface area contributed by atoms with Gasteiger partial charge in [-0.15, -0.1) is 0 Å². The third-order valence-electron chi connectivity index (χ3n) is 7.72. The van der Waals surface area contributed by atoms with Crippen LogP contribution in [0.25, 0.3) is 0 Å². The monoisotopic (exact) mass is 378 g/mol. The van der Waals surface area contributed by atoms with Gasteiger partial charge in [0.15, 0.2) is 0 Å². The summed E-state index contributed by atoms with van der Waals surface area (Å²) >= 11 is 0. The van der Waals surface area contributed by atoms with Gasteiger partial charge in [0.1, 0.15) is 0 Å². The molecular formula is C28H42. The Bertz CT molecular complexity index is 694. The fourth-order valence-corrected chi connectivity index (χ4v) is 6.35. The van der Waals surface area contributed by atoms with Crippen molar-refractivity contribution in [2.45, 2.75) is 98.3 Å². The Labute approximate surface area is 174 Å². The lowest BCUT2D eigenvalue weighted by Gasteiger charge is -2.56. The van der Waals surface area contributed by atoms with Crippen LogP contribution in [0, 0.1) is 17.3 Å². The second kappa shape index (κ2) is 9.02. The molecule has 0 radical (unpaired) electrons. The lowest BCUT2D eigenvalue weighted by Crippen LogP contribution is -2.46. The van der Waals surface area contributed by atoms with Gasteiger partial charge in [-0.2, -0.15) is 0 Å². The van der Waals surface area contributed by atoms with Gasteiger partial charge in [-0.3, -0.25) is 0 Å². The van der Waals surface area contributed by atoms with Gasteiger partial charge in [-0.1, -0.05) is 84.4 Å². The highest BCUT2D eigenvalue weighted by molar-refractivity contribution is 5.47. The number of fused-ring (bicyclic) bond motifs is 1. The average molecular weight is 379 g/mol. The molecule has 0 aromatic heterocycles. The molecule has 2 atom stereocenters. The van der Waals surface area contributed by atoms with Crippen molar-refractivity contribution in [2.75, 3.05) is 0 Å². The molecule has 2 saturated carbocycles. The van der Waals surface area contributed by atoms with Gasteiger partial charge in [0.25, 0.3) is 0 Å². The minimum atomic E-state index is 0.588. The van der Waals surface area contributed by atoms with E-state index < -0.39 is 0 Å². The van der Waals surface area contributed by atoms with Crippen LogP contribution in [0.2, 0.25) is 0 Å². The minimum Gasteiger partial charge on any atom is -0.0807 e. The number of hydrogen-bond acceptors (Lipinski definition) is 0. The second-order valence-electron chi connectivity index (χ2n) is 9.64. The smallest absolute Gasteiger partial charge is 0.0122 e. The van der Waals surface area contributed by atoms with Crippen molar-refractivity contribution in [3.63, 3.8) is 0 Å². The molecule has 0 amide bonds. The number of benzene rings is 1. The van der Waals surface area contributed by atoms with Crippen molar-refractivity contribution in [1.29, 1.82) is 0 Å². The van der Waals surface area contributed by atoms with Gasteiger partial charge in [0.05, 0.1) is 0 Å². The normalized spacial score (nSPS) is 31.8. The van der Waals surface area contributed by atoms with Crippen molar-refractivity contribution in [1.82, 2.24) is 0 Å². The lowest BCUT2D eigenvalue weighted by molar-refractivity contribution is -0.0198. The Morgan fingerprint density at radius 1 is 1.00 bits per heavy atom. The van der Waals surface area contributed by atoms with Crippen LogP contribution in [0.1, 0.15) is 109 Å². The third kappa shape index (κ3) is 3.89. The van der Waals surface area contributed by atoms with Crippen LogP contribution < -0.4 is 0 Å². The van der Waals surface area contributed by atoms with E-state index in [1.54, 1.807) is 16.7 Å². The molecule has 3 aliphatic rings. The molecule has 0 nitrogen and oxygen atoms in total. The van der Waals surface area contributed by atoms with Gasteiger partial charge >= 0.3 is 0 Å². The molecule has 0 bridgehead atoms. The predicted octanol–water partition coefficient (Wildman–Crippen LogP) is 8.80. The summed E-state index contributed by atoms with van der Waals surface area (Å²) in [6.07, 6.45) is 14.6. The van der Waals surface area contributed by atoms with E-state index in [4.69, 9.17) is 0 Å². The highest BCUT2D eigenvalue weighted by Gasteiger charge is 2.51. The van der Waals surface area contributed by atoms with Crippen LogP contribution >= 0.6 is 0 Å². The first kappa shape index (κ1) is 21.4. The maximum Gasteiger partial charge on any atom is 0.0122 e. The Morgan fingerprint density at radius 3 is 2.21 bits per heavy atom. The standard InChI is InChI=1S/C26H36.C2H6/c1-5-26(16-19(4)17-26)24-15-14-21-8-6-7-9-23(21)25(24)22-12-10-20(11-13-22)18(2)3;1-2/h8-13,18-19,24-25H,5-7,14-17H2,1-4H3;1-2H3. The van der Waals surface area contributed by atoms with Crippen LogP contribution in [-0.4, -0.2) is 0 Å². The van der Waals surface area contributed by atoms with Crippen molar-refractivity contribution in [2.24, 2.45) is 17.3 Å². The summed E-state index contributed by atoms with van der Waals surface area (Å²) in [5, 5.41) is 0. The zero-order valence-corrected chi connectivity index (χ0v) is 19.2. The van der Waals surface area contributed by atoms with Crippen molar-refractivity contribution in [3.8, 4) is 0 Å². The van der Waals surface area contributed by atoms with Gasteiger partial charge in [-0.25, -0.2) is 0 Å². The van der Waals surface area contributed by atoms with Gasteiger partial charge in [-0.05, 0) is 84.0 Å². The summed E-state index contributed by atoms with van der Waals surface area (Å²) in [5.74, 6) is 3.00. The Kier molecular flexibility index (Phi) is 6.89. The molecule has 0 heterocycles. The zero-order chi connectivity index (χ0) is 20.3. The molecule has 0 N–H and O–H groups in total.